The molecule has 0 bridgehead atoms. The third-order valence-electron chi connectivity index (χ3n) is 6.46. The van der Waals surface area contributed by atoms with Crippen LogP contribution in [0.3, 0.4) is 0 Å². The van der Waals surface area contributed by atoms with Crippen LogP contribution in [-0.4, -0.2) is 53.2 Å². The second kappa shape index (κ2) is 13.0. The normalized spacial score (nSPS) is 12.8. The van der Waals surface area contributed by atoms with E-state index in [4.69, 9.17) is 18.9 Å². The summed E-state index contributed by atoms with van der Waals surface area (Å²) in [5, 5.41) is 10.2. The van der Waals surface area contributed by atoms with Crippen LogP contribution in [0.25, 0.3) is 0 Å². The van der Waals surface area contributed by atoms with Gasteiger partial charge in [-0.2, -0.15) is 5.26 Å². The highest BCUT2D eigenvalue weighted by Crippen LogP contribution is 2.40. The first-order valence-corrected chi connectivity index (χ1v) is 11.5. The summed E-state index contributed by atoms with van der Waals surface area (Å²) < 4.78 is 35.2. The number of rotatable bonds is 14. The van der Waals surface area contributed by atoms with Crippen molar-refractivity contribution in [1.82, 2.24) is 4.90 Å². The summed E-state index contributed by atoms with van der Waals surface area (Å²) >= 11 is 0. The number of methoxy groups -OCH3 is 4. The second-order valence-corrected chi connectivity index (χ2v) is 8.59. The minimum absolute atomic E-state index is 0.0705. The zero-order valence-corrected chi connectivity index (χ0v) is 21.2. The number of nitriles is 1. The average molecular weight is 473 g/mol. The van der Waals surface area contributed by atoms with Crippen molar-refractivity contribution in [1.29, 1.82) is 5.26 Å². The van der Waals surface area contributed by atoms with Gasteiger partial charge in [-0.1, -0.05) is 26.0 Å². The molecule has 0 radical (unpaired) electrons. The van der Waals surface area contributed by atoms with E-state index in [0.717, 1.165) is 11.1 Å². The van der Waals surface area contributed by atoms with Gasteiger partial charge < -0.3 is 18.9 Å². The molecule has 0 aromatic heterocycles. The van der Waals surface area contributed by atoms with Crippen LogP contribution in [0.5, 0.6) is 23.0 Å². The van der Waals surface area contributed by atoms with Crippen molar-refractivity contribution in [3.8, 4) is 29.1 Å². The lowest BCUT2D eigenvalue weighted by molar-refractivity contribution is 0.178. The summed E-state index contributed by atoms with van der Waals surface area (Å²) in [6, 6.07) is 13.9. The van der Waals surface area contributed by atoms with Gasteiger partial charge in [0, 0.05) is 13.1 Å². The van der Waals surface area contributed by atoms with Crippen LogP contribution in [0.1, 0.15) is 37.8 Å². The van der Waals surface area contributed by atoms with Gasteiger partial charge >= 0.3 is 0 Å². The fourth-order valence-electron chi connectivity index (χ4n) is 4.27. The Morgan fingerprint density at radius 2 is 1.47 bits per heavy atom. The molecular weight excluding hydrogens is 435 g/mol. The molecule has 0 aliphatic heterocycles. The molecular formula is C27H37FN2O4. The van der Waals surface area contributed by atoms with Gasteiger partial charge in [0.2, 0.25) is 0 Å². The van der Waals surface area contributed by atoms with Crippen molar-refractivity contribution >= 4 is 0 Å². The Labute approximate surface area is 203 Å². The van der Waals surface area contributed by atoms with Crippen molar-refractivity contribution in [2.24, 2.45) is 5.92 Å². The third-order valence-corrected chi connectivity index (χ3v) is 6.46. The summed E-state index contributed by atoms with van der Waals surface area (Å²) in [7, 11) is 6.38. The molecule has 2 aromatic carbocycles. The van der Waals surface area contributed by atoms with Crippen LogP contribution in [-0.2, 0) is 11.8 Å². The van der Waals surface area contributed by atoms with Crippen LogP contribution >= 0.6 is 0 Å². The molecule has 1 atom stereocenters. The molecule has 186 valence electrons. The van der Waals surface area contributed by atoms with Crippen molar-refractivity contribution in [3.63, 3.8) is 0 Å². The van der Waals surface area contributed by atoms with E-state index in [0.29, 0.717) is 55.4 Å². The molecule has 0 saturated carbocycles. The highest BCUT2D eigenvalue weighted by molar-refractivity contribution is 5.47. The number of ether oxygens (including phenoxy) is 4. The summed E-state index contributed by atoms with van der Waals surface area (Å²) in [5.74, 6) is 2.63. The van der Waals surface area contributed by atoms with E-state index in [-0.39, 0.29) is 5.92 Å². The van der Waals surface area contributed by atoms with E-state index < -0.39 is 12.2 Å². The minimum Gasteiger partial charge on any atom is -0.493 e. The monoisotopic (exact) mass is 472 g/mol. The van der Waals surface area contributed by atoms with E-state index >= 15 is 0 Å². The Bertz CT molecular complexity index is 960. The first-order valence-electron chi connectivity index (χ1n) is 11.5. The number of nitrogens with zero attached hydrogens (tertiary/aromatic N) is 2. The molecule has 0 N–H and O–H groups in total. The molecule has 7 heteroatoms. The molecule has 2 aromatic rings. The van der Waals surface area contributed by atoms with Crippen LogP contribution in [0.15, 0.2) is 36.4 Å². The molecule has 6 nitrogen and oxygen atoms in total. The van der Waals surface area contributed by atoms with Gasteiger partial charge in [-0.15, -0.1) is 0 Å². The summed E-state index contributed by atoms with van der Waals surface area (Å²) in [5.41, 5.74) is 1.24. The van der Waals surface area contributed by atoms with Crippen molar-refractivity contribution in [2.45, 2.75) is 38.5 Å². The number of halogens is 1. The fraction of sp³-hybridized carbons (Fsp3) is 0.519. The van der Waals surface area contributed by atoms with Crippen molar-refractivity contribution in [2.75, 3.05) is 48.3 Å². The SMILES string of the molecule is COc1ccc(CCN(CF)CCC[C@](C#N)(c2ccc(OC)c(OC)c2)C(C)C)cc1OC. The van der Waals surface area contributed by atoms with E-state index in [1.165, 1.54) is 0 Å². The zero-order chi connectivity index (χ0) is 25.1. The predicted molar refractivity (Wildman–Crippen MR) is 132 cm³/mol. The van der Waals surface area contributed by atoms with Gasteiger partial charge in [-0.05, 0) is 60.6 Å². The Morgan fingerprint density at radius 1 is 0.882 bits per heavy atom. The maximum absolute atomic E-state index is 13.8. The first-order chi connectivity index (χ1) is 16.4. The lowest BCUT2D eigenvalue weighted by Gasteiger charge is -2.32. The number of hydrogen-bond acceptors (Lipinski definition) is 6. The van der Waals surface area contributed by atoms with Gasteiger partial charge in [0.1, 0.15) is 6.80 Å². The molecule has 0 heterocycles. The van der Waals surface area contributed by atoms with E-state index in [1.54, 1.807) is 33.3 Å². The lowest BCUT2D eigenvalue weighted by atomic mass is 9.69. The van der Waals surface area contributed by atoms with Crippen LogP contribution in [0.2, 0.25) is 0 Å². The molecule has 0 aliphatic rings. The number of hydrogen-bond donors (Lipinski definition) is 0. The molecule has 0 unspecified atom stereocenters. The summed E-state index contributed by atoms with van der Waals surface area (Å²) in [6.07, 6.45) is 1.99. The Kier molecular flexibility index (Phi) is 10.5. The van der Waals surface area contributed by atoms with Crippen molar-refractivity contribution < 1.29 is 23.3 Å². The quantitative estimate of drug-likeness (QED) is 0.344. The van der Waals surface area contributed by atoms with E-state index in [9.17, 15) is 9.65 Å². The summed E-state index contributed by atoms with van der Waals surface area (Å²) in [4.78, 5) is 1.77. The largest absolute Gasteiger partial charge is 0.493 e. The first kappa shape index (κ1) is 27.3. The minimum atomic E-state index is -0.703. The molecule has 0 amide bonds. The molecule has 0 spiro atoms. The Hall–Kier alpha value is -2.98. The number of benzene rings is 2. The zero-order valence-electron chi connectivity index (χ0n) is 21.2. The standard InChI is InChI=1S/C27H37FN2O4/c1-20(2)27(18-29,22-9-11-24(32-4)26(17-22)34-6)13-7-14-30(19-28)15-12-21-8-10-23(31-3)25(16-21)33-5/h8-11,16-17,20H,7,12-15,19H2,1-6H3/t27-/m1/s1. The van der Waals surface area contributed by atoms with Crippen LogP contribution in [0.4, 0.5) is 4.39 Å². The molecule has 2 rings (SSSR count). The lowest BCUT2D eigenvalue weighted by Crippen LogP contribution is -2.33. The molecule has 34 heavy (non-hydrogen) atoms. The Balaban J connectivity index is 2.07. The second-order valence-electron chi connectivity index (χ2n) is 8.59. The van der Waals surface area contributed by atoms with Gasteiger partial charge in [0.15, 0.2) is 23.0 Å². The van der Waals surface area contributed by atoms with Crippen LogP contribution < -0.4 is 18.9 Å². The maximum Gasteiger partial charge on any atom is 0.161 e. The van der Waals surface area contributed by atoms with Crippen molar-refractivity contribution in [3.05, 3.63) is 47.5 Å². The molecule has 0 saturated heterocycles. The van der Waals surface area contributed by atoms with Gasteiger partial charge in [0.05, 0.1) is 39.9 Å². The maximum atomic E-state index is 13.8. The van der Waals surface area contributed by atoms with E-state index in [2.05, 4.69) is 6.07 Å². The molecule has 0 fully saturated rings. The Morgan fingerprint density at radius 3 is 2.00 bits per heavy atom. The van der Waals surface area contributed by atoms with Gasteiger partial charge in [-0.3, -0.25) is 4.90 Å². The smallest absolute Gasteiger partial charge is 0.161 e. The predicted octanol–water partition coefficient (Wildman–Crippen LogP) is 5.39. The van der Waals surface area contributed by atoms with Gasteiger partial charge in [0.25, 0.3) is 0 Å². The van der Waals surface area contributed by atoms with E-state index in [1.807, 2.05) is 50.2 Å². The average Bonchev–Trinajstić information content (AvgIpc) is 2.87. The third kappa shape index (κ3) is 6.32. The van der Waals surface area contributed by atoms with Crippen LogP contribution in [0, 0.1) is 17.2 Å². The van der Waals surface area contributed by atoms with Gasteiger partial charge in [-0.25, -0.2) is 4.39 Å². The number of alkyl halides is 1. The highest BCUT2D eigenvalue weighted by Gasteiger charge is 2.36. The molecule has 0 aliphatic carbocycles. The topological polar surface area (TPSA) is 64.0 Å². The highest BCUT2D eigenvalue weighted by atomic mass is 19.1. The fourth-order valence-corrected chi connectivity index (χ4v) is 4.27. The summed E-state index contributed by atoms with van der Waals surface area (Å²) in [6.45, 7) is 4.69.